The topological polar surface area (TPSA) is 80.3 Å². The van der Waals surface area contributed by atoms with Gasteiger partial charge in [-0.1, -0.05) is 42.5 Å². The molecule has 32 heavy (non-hydrogen) atoms. The molecule has 2 aromatic carbocycles. The molecule has 0 spiro atoms. The molecule has 0 aromatic heterocycles. The van der Waals surface area contributed by atoms with Crippen LogP contribution < -0.4 is 15.2 Å². The highest BCUT2D eigenvalue weighted by atomic mass is 16.5. The number of likely N-dealkylation sites (tertiary alicyclic amines) is 1. The lowest BCUT2D eigenvalue weighted by molar-refractivity contribution is -0.0430. The van der Waals surface area contributed by atoms with Gasteiger partial charge in [-0.05, 0) is 49.7 Å². The molecule has 0 bridgehead atoms. The van der Waals surface area contributed by atoms with Crippen molar-refractivity contribution >= 4 is 5.84 Å². The summed E-state index contributed by atoms with van der Waals surface area (Å²) in [5.41, 5.74) is 8.31. The standard InChI is InChI=1S/C26H35N3O3/c1-31-22-10-6-9-21(24(22)32-2)23(25(27)28-16-13-19-7-4-3-5-8-19)29-17-14-26(30,15-18-29)20-11-12-20/h3-10,20,23,30H,11-18H2,1-2H3,(H2,27,28). The van der Waals surface area contributed by atoms with Gasteiger partial charge in [0.15, 0.2) is 11.5 Å². The number of methoxy groups -OCH3 is 2. The van der Waals surface area contributed by atoms with E-state index < -0.39 is 5.60 Å². The largest absolute Gasteiger partial charge is 0.493 e. The molecule has 3 N–H and O–H groups in total. The van der Waals surface area contributed by atoms with E-state index in [-0.39, 0.29) is 6.04 Å². The summed E-state index contributed by atoms with van der Waals surface area (Å²) in [5, 5.41) is 11.0. The van der Waals surface area contributed by atoms with Crippen molar-refractivity contribution in [3.8, 4) is 11.5 Å². The fraction of sp³-hybridized carbons (Fsp3) is 0.500. The third-order valence-electron chi connectivity index (χ3n) is 6.91. The predicted octanol–water partition coefficient (Wildman–Crippen LogP) is 3.58. The Kier molecular flexibility index (Phi) is 7.01. The zero-order valence-corrected chi connectivity index (χ0v) is 19.2. The van der Waals surface area contributed by atoms with Crippen molar-refractivity contribution < 1.29 is 14.6 Å². The maximum absolute atomic E-state index is 11.0. The van der Waals surface area contributed by atoms with E-state index in [4.69, 9.17) is 20.2 Å². The molecule has 1 saturated heterocycles. The van der Waals surface area contributed by atoms with Gasteiger partial charge in [0.05, 0.1) is 25.9 Å². The minimum Gasteiger partial charge on any atom is -0.493 e. The van der Waals surface area contributed by atoms with E-state index in [1.165, 1.54) is 5.56 Å². The summed E-state index contributed by atoms with van der Waals surface area (Å²) in [6.45, 7) is 2.17. The Morgan fingerprint density at radius 3 is 2.44 bits per heavy atom. The van der Waals surface area contributed by atoms with Crippen LogP contribution >= 0.6 is 0 Å². The number of benzene rings is 2. The molecule has 1 unspecified atom stereocenters. The van der Waals surface area contributed by atoms with Crippen LogP contribution in [-0.4, -0.2) is 55.3 Å². The Labute approximate surface area is 191 Å². The molecule has 1 atom stereocenters. The van der Waals surface area contributed by atoms with Crippen LogP contribution in [0.25, 0.3) is 0 Å². The average molecular weight is 438 g/mol. The second-order valence-electron chi connectivity index (χ2n) is 8.94. The fourth-order valence-corrected chi connectivity index (χ4v) is 4.91. The van der Waals surface area contributed by atoms with Crippen molar-refractivity contribution in [3.63, 3.8) is 0 Å². The molecule has 1 saturated carbocycles. The van der Waals surface area contributed by atoms with Gasteiger partial charge in [0.1, 0.15) is 5.84 Å². The number of nitrogens with zero attached hydrogens (tertiary/aromatic N) is 2. The van der Waals surface area contributed by atoms with Gasteiger partial charge in [-0.2, -0.15) is 0 Å². The van der Waals surface area contributed by atoms with E-state index in [2.05, 4.69) is 17.0 Å². The Balaban J connectivity index is 1.59. The Hall–Kier alpha value is -2.57. The smallest absolute Gasteiger partial charge is 0.165 e. The lowest BCUT2D eigenvalue weighted by atomic mass is 9.85. The van der Waals surface area contributed by atoms with Crippen molar-refractivity contribution in [1.82, 2.24) is 4.90 Å². The lowest BCUT2D eigenvalue weighted by Gasteiger charge is -2.42. The van der Waals surface area contributed by atoms with Crippen LogP contribution in [0.4, 0.5) is 0 Å². The highest BCUT2D eigenvalue weighted by Crippen LogP contribution is 2.46. The average Bonchev–Trinajstić information content (AvgIpc) is 3.67. The number of amidine groups is 1. The predicted molar refractivity (Wildman–Crippen MR) is 127 cm³/mol. The summed E-state index contributed by atoms with van der Waals surface area (Å²) < 4.78 is 11.3. The molecule has 172 valence electrons. The van der Waals surface area contributed by atoms with Gasteiger partial charge in [-0.15, -0.1) is 0 Å². The number of hydrogen-bond donors (Lipinski definition) is 2. The summed E-state index contributed by atoms with van der Waals surface area (Å²) in [7, 11) is 3.30. The molecule has 1 heterocycles. The maximum atomic E-state index is 11.0. The molecular weight excluding hydrogens is 402 g/mol. The van der Waals surface area contributed by atoms with Gasteiger partial charge in [-0.25, -0.2) is 0 Å². The number of aliphatic hydroxyl groups is 1. The van der Waals surface area contributed by atoms with Crippen LogP contribution in [0.1, 0.15) is 42.9 Å². The minimum absolute atomic E-state index is 0.223. The zero-order chi connectivity index (χ0) is 22.6. The minimum atomic E-state index is -0.529. The number of hydrogen-bond acceptors (Lipinski definition) is 5. The van der Waals surface area contributed by atoms with Crippen molar-refractivity contribution in [2.24, 2.45) is 16.6 Å². The first-order valence-corrected chi connectivity index (χ1v) is 11.6. The van der Waals surface area contributed by atoms with Crippen LogP contribution in [0.15, 0.2) is 53.5 Å². The molecule has 2 aromatic rings. The normalized spacial score (nSPS) is 20.0. The van der Waals surface area contributed by atoms with Gasteiger partial charge in [0.2, 0.25) is 0 Å². The lowest BCUT2D eigenvalue weighted by Crippen LogP contribution is -2.49. The van der Waals surface area contributed by atoms with Crippen molar-refractivity contribution in [2.75, 3.05) is 33.9 Å². The molecular formula is C26H35N3O3. The fourth-order valence-electron chi connectivity index (χ4n) is 4.91. The van der Waals surface area contributed by atoms with E-state index in [0.29, 0.717) is 29.8 Å². The first-order valence-electron chi connectivity index (χ1n) is 11.6. The molecule has 6 nitrogen and oxygen atoms in total. The first-order chi connectivity index (χ1) is 15.6. The van der Waals surface area contributed by atoms with Crippen molar-refractivity contribution in [1.29, 1.82) is 0 Å². The van der Waals surface area contributed by atoms with E-state index >= 15 is 0 Å². The third kappa shape index (κ3) is 4.92. The van der Waals surface area contributed by atoms with Crippen molar-refractivity contribution in [3.05, 3.63) is 59.7 Å². The van der Waals surface area contributed by atoms with E-state index in [1.807, 2.05) is 36.4 Å². The second-order valence-corrected chi connectivity index (χ2v) is 8.94. The molecule has 6 heteroatoms. The molecule has 4 rings (SSSR count). The number of rotatable bonds is 9. The zero-order valence-electron chi connectivity index (χ0n) is 19.2. The Morgan fingerprint density at radius 2 is 1.81 bits per heavy atom. The summed E-state index contributed by atoms with van der Waals surface area (Å²) in [6.07, 6.45) is 4.65. The summed E-state index contributed by atoms with van der Waals surface area (Å²) >= 11 is 0. The van der Waals surface area contributed by atoms with Gasteiger partial charge in [0.25, 0.3) is 0 Å². The van der Waals surface area contributed by atoms with Crippen LogP contribution in [0.2, 0.25) is 0 Å². The monoisotopic (exact) mass is 437 g/mol. The van der Waals surface area contributed by atoms with Crippen LogP contribution in [0.5, 0.6) is 11.5 Å². The van der Waals surface area contributed by atoms with Crippen LogP contribution in [0, 0.1) is 5.92 Å². The first kappa shape index (κ1) is 22.6. The third-order valence-corrected chi connectivity index (χ3v) is 6.91. The summed E-state index contributed by atoms with van der Waals surface area (Å²) in [5.74, 6) is 2.40. The van der Waals surface area contributed by atoms with Gasteiger partial charge in [0, 0.05) is 25.2 Å². The SMILES string of the molecule is COc1cccc(C(C(N)=NCCc2ccccc2)N2CCC(O)(C3CC3)CC2)c1OC. The number of aliphatic imine (C=N–C) groups is 1. The van der Waals surface area contributed by atoms with Crippen LogP contribution in [-0.2, 0) is 6.42 Å². The van der Waals surface area contributed by atoms with E-state index in [1.54, 1.807) is 14.2 Å². The summed E-state index contributed by atoms with van der Waals surface area (Å²) in [6, 6.07) is 16.0. The molecule has 2 aliphatic rings. The van der Waals surface area contributed by atoms with E-state index in [0.717, 1.165) is 50.8 Å². The highest BCUT2D eigenvalue weighted by molar-refractivity contribution is 5.88. The number of para-hydroxylation sites is 1. The number of piperidine rings is 1. The molecule has 1 aliphatic carbocycles. The Morgan fingerprint density at radius 1 is 1.09 bits per heavy atom. The highest BCUT2D eigenvalue weighted by Gasteiger charge is 2.46. The van der Waals surface area contributed by atoms with Gasteiger partial charge >= 0.3 is 0 Å². The Bertz CT molecular complexity index is 919. The van der Waals surface area contributed by atoms with Gasteiger partial charge < -0.3 is 20.3 Å². The quantitative estimate of drug-likeness (QED) is 0.463. The van der Waals surface area contributed by atoms with Crippen molar-refractivity contribution in [2.45, 2.75) is 43.7 Å². The number of nitrogens with two attached hydrogens (primary N) is 1. The summed E-state index contributed by atoms with van der Waals surface area (Å²) in [4.78, 5) is 7.11. The second kappa shape index (κ2) is 9.92. The van der Waals surface area contributed by atoms with Crippen LogP contribution in [0.3, 0.4) is 0 Å². The van der Waals surface area contributed by atoms with E-state index in [9.17, 15) is 5.11 Å². The maximum Gasteiger partial charge on any atom is 0.165 e. The van der Waals surface area contributed by atoms with Gasteiger partial charge in [-0.3, -0.25) is 9.89 Å². The number of ether oxygens (including phenoxy) is 2. The molecule has 0 amide bonds. The molecule has 0 radical (unpaired) electrons. The molecule has 2 fully saturated rings. The molecule has 1 aliphatic heterocycles.